The Labute approximate surface area is 116 Å². The maximum Gasteiger partial charge on any atom is 0.119 e. The number of fused-ring (bicyclic) bond motifs is 1. The minimum absolute atomic E-state index is 0.768. The van der Waals surface area contributed by atoms with Gasteiger partial charge in [0, 0.05) is 31.4 Å². The van der Waals surface area contributed by atoms with Gasteiger partial charge in [0.05, 0.1) is 7.11 Å². The highest BCUT2D eigenvalue weighted by Gasteiger charge is 2.29. The van der Waals surface area contributed by atoms with Gasteiger partial charge in [-0.05, 0) is 56.5 Å². The van der Waals surface area contributed by atoms with Crippen LogP contribution in [-0.2, 0) is 0 Å². The van der Waals surface area contributed by atoms with Gasteiger partial charge in [-0.15, -0.1) is 0 Å². The van der Waals surface area contributed by atoms with Crippen molar-refractivity contribution in [2.75, 3.05) is 38.2 Å². The van der Waals surface area contributed by atoms with E-state index in [1.807, 2.05) is 0 Å². The molecule has 0 spiro atoms. The highest BCUT2D eigenvalue weighted by atomic mass is 16.5. The fourth-order valence-electron chi connectivity index (χ4n) is 3.54. The van der Waals surface area contributed by atoms with Gasteiger partial charge in [-0.3, -0.25) is 4.90 Å². The van der Waals surface area contributed by atoms with Gasteiger partial charge in [-0.1, -0.05) is 0 Å². The van der Waals surface area contributed by atoms with Crippen LogP contribution < -0.4 is 9.64 Å². The van der Waals surface area contributed by atoms with E-state index in [-0.39, 0.29) is 0 Å². The van der Waals surface area contributed by atoms with E-state index in [1.54, 1.807) is 7.11 Å². The van der Waals surface area contributed by atoms with Crippen molar-refractivity contribution >= 4 is 5.69 Å². The van der Waals surface area contributed by atoms with Crippen molar-refractivity contribution < 1.29 is 4.74 Å². The summed E-state index contributed by atoms with van der Waals surface area (Å²) < 4.78 is 5.30. The molecule has 3 heteroatoms. The molecule has 0 aliphatic carbocycles. The second-order valence-electron chi connectivity index (χ2n) is 5.78. The molecule has 1 atom stereocenters. The van der Waals surface area contributed by atoms with E-state index in [4.69, 9.17) is 4.74 Å². The molecule has 0 bridgehead atoms. The first-order chi connectivity index (χ1) is 9.28. The van der Waals surface area contributed by atoms with Gasteiger partial charge in [0.15, 0.2) is 0 Å². The van der Waals surface area contributed by atoms with Crippen LogP contribution in [0.4, 0.5) is 5.69 Å². The van der Waals surface area contributed by atoms with Gasteiger partial charge in [0.25, 0.3) is 0 Å². The van der Waals surface area contributed by atoms with Gasteiger partial charge >= 0.3 is 0 Å². The van der Waals surface area contributed by atoms with Crippen molar-refractivity contribution in [3.63, 3.8) is 0 Å². The molecule has 1 aromatic rings. The Morgan fingerprint density at radius 2 is 2.00 bits per heavy atom. The number of hydrogen-bond donors (Lipinski definition) is 0. The zero-order valence-corrected chi connectivity index (χ0v) is 12.1. The van der Waals surface area contributed by atoms with E-state index in [0.717, 1.165) is 11.8 Å². The van der Waals surface area contributed by atoms with Crippen molar-refractivity contribution in [2.45, 2.75) is 32.2 Å². The second-order valence-corrected chi connectivity index (χ2v) is 5.78. The lowest BCUT2D eigenvalue weighted by molar-refractivity contribution is 0.273. The van der Waals surface area contributed by atoms with Crippen molar-refractivity contribution in [2.24, 2.45) is 0 Å². The van der Waals surface area contributed by atoms with Gasteiger partial charge in [-0.25, -0.2) is 0 Å². The number of methoxy groups -OCH3 is 1. The van der Waals surface area contributed by atoms with Crippen molar-refractivity contribution in [1.29, 1.82) is 0 Å². The topological polar surface area (TPSA) is 15.7 Å². The molecule has 3 rings (SSSR count). The minimum Gasteiger partial charge on any atom is -0.497 e. The Morgan fingerprint density at radius 3 is 2.79 bits per heavy atom. The van der Waals surface area contributed by atoms with Crippen LogP contribution >= 0.6 is 0 Å². The van der Waals surface area contributed by atoms with Gasteiger partial charge in [0.2, 0.25) is 0 Å². The average molecular weight is 260 g/mol. The third-order valence-electron chi connectivity index (χ3n) is 4.55. The fourth-order valence-corrected chi connectivity index (χ4v) is 3.54. The molecule has 0 aromatic heterocycles. The molecule has 104 valence electrons. The lowest BCUT2D eigenvalue weighted by Gasteiger charge is -2.28. The lowest BCUT2D eigenvalue weighted by atomic mass is 10.1. The summed E-state index contributed by atoms with van der Waals surface area (Å²) in [5.74, 6) is 0.957. The summed E-state index contributed by atoms with van der Waals surface area (Å²) in [4.78, 5) is 5.25. The predicted molar refractivity (Wildman–Crippen MR) is 79.2 cm³/mol. The second kappa shape index (κ2) is 5.41. The maximum absolute atomic E-state index is 5.30. The van der Waals surface area contributed by atoms with Crippen LogP contribution in [0, 0.1) is 6.92 Å². The maximum atomic E-state index is 5.30. The lowest BCUT2D eigenvalue weighted by Crippen LogP contribution is -2.36. The van der Waals surface area contributed by atoms with Crippen LogP contribution in [0.1, 0.15) is 24.8 Å². The van der Waals surface area contributed by atoms with E-state index >= 15 is 0 Å². The standard InChI is InChI=1S/C16H24N2O/c1-13-11-15(19-2)6-7-16(13)18-10-4-9-17-8-3-5-14(17)12-18/h6-7,11,14H,3-5,8-10,12H2,1-2H3. The summed E-state index contributed by atoms with van der Waals surface area (Å²) in [7, 11) is 1.73. The summed E-state index contributed by atoms with van der Waals surface area (Å²) in [6, 6.07) is 7.22. The van der Waals surface area contributed by atoms with Gasteiger partial charge < -0.3 is 9.64 Å². The molecule has 2 heterocycles. The number of rotatable bonds is 2. The van der Waals surface area contributed by atoms with Crippen molar-refractivity contribution in [1.82, 2.24) is 4.90 Å². The van der Waals surface area contributed by atoms with Crippen LogP contribution in [-0.4, -0.2) is 44.2 Å². The Hall–Kier alpha value is -1.22. The molecule has 0 saturated carbocycles. The summed E-state index contributed by atoms with van der Waals surface area (Å²) in [5.41, 5.74) is 2.71. The quantitative estimate of drug-likeness (QED) is 0.813. The number of hydrogen-bond acceptors (Lipinski definition) is 3. The number of nitrogens with zero attached hydrogens (tertiary/aromatic N) is 2. The molecule has 3 nitrogen and oxygen atoms in total. The molecule has 0 amide bonds. The Balaban J connectivity index is 1.80. The molecule has 2 saturated heterocycles. The van der Waals surface area contributed by atoms with Crippen LogP contribution in [0.25, 0.3) is 0 Å². The highest BCUT2D eigenvalue weighted by molar-refractivity contribution is 5.56. The zero-order chi connectivity index (χ0) is 13.2. The summed E-state index contributed by atoms with van der Waals surface area (Å²) in [6.07, 6.45) is 4.02. The van der Waals surface area contributed by atoms with E-state index in [9.17, 15) is 0 Å². The van der Waals surface area contributed by atoms with E-state index in [1.165, 1.54) is 56.7 Å². The summed E-state index contributed by atoms with van der Waals surface area (Å²) in [5, 5.41) is 0. The smallest absolute Gasteiger partial charge is 0.119 e. The van der Waals surface area contributed by atoms with E-state index < -0.39 is 0 Å². The monoisotopic (exact) mass is 260 g/mol. The largest absolute Gasteiger partial charge is 0.497 e. The first-order valence-corrected chi connectivity index (χ1v) is 7.41. The molecular weight excluding hydrogens is 236 g/mol. The molecule has 1 aromatic carbocycles. The van der Waals surface area contributed by atoms with Crippen molar-refractivity contribution in [3.8, 4) is 5.75 Å². The van der Waals surface area contributed by atoms with Gasteiger partial charge in [-0.2, -0.15) is 0 Å². The van der Waals surface area contributed by atoms with Crippen molar-refractivity contribution in [3.05, 3.63) is 23.8 Å². The Kier molecular flexibility index (Phi) is 3.65. The summed E-state index contributed by atoms with van der Waals surface area (Å²) >= 11 is 0. The average Bonchev–Trinajstić information content (AvgIpc) is 2.76. The third-order valence-corrected chi connectivity index (χ3v) is 4.55. The number of anilines is 1. The third kappa shape index (κ3) is 2.57. The Bertz CT molecular complexity index is 446. The van der Waals surface area contributed by atoms with E-state index in [2.05, 4.69) is 34.9 Å². The SMILES string of the molecule is COc1ccc(N2CCCN3CCCC3C2)c(C)c1. The van der Waals surface area contributed by atoms with Crippen LogP contribution in [0.3, 0.4) is 0 Å². The van der Waals surface area contributed by atoms with Crippen LogP contribution in [0.2, 0.25) is 0 Å². The molecule has 1 unspecified atom stereocenters. The molecule has 2 aliphatic rings. The molecular formula is C16H24N2O. The number of benzene rings is 1. The highest BCUT2D eigenvalue weighted by Crippen LogP contribution is 2.29. The molecule has 19 heavy (non-hydrogen) atoms. The molecule has 0 radical (unpaired) electrons. The molecule has 0 N–H and O–H groups in total. The van der Waals surface area contributed by atoms with E-state index in [0.29, 0.717) is 0 Å². The normalized spacial score (nSPS) is 24.1. The predicted octanol–water partition coefficient (Wildman–Crippen LogP) is 2.68. The molecule has 2 fully saturated rings. The zero-order valence-electron chi connectivity index (χ0n) is 12.1. The number of aryl methyl sites for hydroxylation is 1. The van der Waals surface area contributed by atoms with Gasteiger partial charge in [0.1, 0.15) is 5.75 Å². The first-order valence-electron chi connectivity index (χ1n) is 7.41. The van der Waals surface area contributed by atoms with Crippen LogP contribution in [0.5, 0.6) is 5.75 Å². The minimum atomic E-state index is 0.768. The first kappa shape index (κ1) is 12.8. The Morgan fingerprint density at radius 1 is 1.16 bits per heavy atom. The molecule has 2 aliphatic heterocycles. The summed E-state index contributed by atoms with van der Waals surface area (Å²) in [6.45, 7) is 7.14. The van der Waals surface area contributed by atoms with Crippen LogP contribution in [0.15, 0.2) is 18.2 Å². The fraction of sp³-hybridized carbons (Fsp3) is 0.625. The number of ether oxygens (including phenoxy) is 1.